The number of benzene rings is 1. The molecule has 0 bridgehead atoms. The molecule has 18 heavy (non-hydrogen) atoms. The van der Waals surface area contributed by atoms with Crippen molar-refractivity contribution in [3.63, 3.8) is 0 Å². The van der Waals surface area contributed by atoms with E-state index in [1.807, 2.05) is 16.9 Å². The van der Waals surface area contributed by atoms with Crippen molar-refractivity contribution in [1.29, 1.82) is 0 Å². The lowest BCUT2D eigenvalue weighted by Gasteiger charge is -2.15. The quantitative estimate of drug-likeness (QED) is 0.940. The molecular weight excluding hydrogens is 290 g/mol. The fourth-order valence-electron chi connectivity index (χ4n) is 1.98. The Kier molecular flexibility index (Phi) is 4.19. The smallest absolute Gasteiger partial charge is 0.0723 e. The monoisotopic (exact) mass is 307 g/mol. The molecule has 0 saturated carbocycles. The topological polar surface area (TPSA) is 43.8 Å². The van der Waals surface area contributed by atoms with Gasteiger partial charge < -0.3 is 5.73 Å². The van der Waals surface area contributed by atoms with Crippen molar-refractivity contribution in [1.82, 2.24) is 9.78 Å². The van der Waals surface area contributed by atoms with Crippen molar-refractivity contribution in [3.8, 4) is 0 Å². The zero-order valence-electron chi connectivity index (χ0n) is 10.7. The van der Waals surface area contributed by atoms with Gasteiger partial charge in [0.15, 0.2) is 0 Å². The van der Waals surface area contributed by atoms with Crippen molar-refractivity contribution in [2.75, 3.05) is 0 Å². The summed E-state index contributed by atoms with van der Waals surface area (Å²) in [7, 11) is 0. The van der Waals surface area contributed by atoms with E-state index in [9.17, 15) is 0 Å². The van der Waals surface area contributed by atoms with Crippen molar-refractivity contribution < 1.29 is 0 Å². The number of aryl methyl sites for hydroxylation is 2. The molecule has 2 rings (SSSR count). The van der Waals surface area contributed by atoms with E-state index >= 15 is 0 Å². The maximum Gasteiger partial charge on any atom is 0.0723 e. The molecule has 1 unspecified atom stereocenters. The molecule has 1 aromatic carbocycles. The normalized spacial score (nSPS) is 12.7. The molecule has 0 saturated heterocycles. The first-order valence-corrected chi connectivity index (χ1v) is 6.96. The minimum Gasteiger partial charge on any atom is -0.319 e. The van der Waals surface area contributed by atoms with Crippen LogP contribution in [0.15, 0.2) is 34.9 Å². The molecule has 1 heterocycles. The SMILES string of the molecule is CCCn1nccc1C(N)c1ccc(C)c(Br)c1. The molecular formula is C14H18BrN3. The van der Waals surface area contributed by atoms with Gasteiger partial charge in [-0.2, -0.15) is 5.10 Å². The minimum atomic E-state index is -0.129. The first kappa shape index (κ1) is 13.3. The average Bonchev–Trinajstić information content (AvgIpc) is 2.80. The maximum atomic E-state index is 6.33. The lowest BCUT2D eigenvalue weighted by atomic mass is 10.0. The molecule has 0 amide bonds. The first-order valence-electron chi connectivity index (χ1n) is 6.16. The zero-order valence-corrected chi connectivity index (χ0v) is 12.3. The molecule has 0 aliphatic rings. The van der Waals surface area contributed by atoms with Crippen LogP contribution in [0.4, 0.5) is 0 Å². The first-order chi connectivity index (χ1) is 8.63. The van der Waals surface area contributed by atoms with E-state index in [-0.39, 0.29) is 6.04 Å². The Bertz CT molecular complexity index is 534. The number of hydrogen-bond acceptors (Lipinski definition) is 2. The summed E-state index contributed by atoms with van der Waals surface area (Å²) in [5.74, 6) is 0. The third-order valence-electron chi connectivity index (χ3n) is 3.06. The molecule has 0 aliphatic heterocycles. The number of nitrogens with zero attached hydrogens (tertiary/aromatic N) is 2. The molecule has 4 heteroatoms. The van der Waals surface area contributed by atoms with Crippen molar-refractivity contribution >= 4 is 15.9 Å². The van der Waals surface area contributed by atoms with Crippen LogP contribution in [0.25, 0.3) is 0 Å². The maximum absolute atomic E-state index is 6.33. The molecule has 2 N–H and O–H groups in total. The van der Waals surface area contributed by atoms with Crippen molar-refractivity contribution in [3.05, 3.63) is 51.8 Å². The Hall–Kier alpha value is -1.13. The van der Waals surface area contributed by atoms with Crippen molar-refractivity contribution in [2.24, 2.45) is 5.73 Å². The summed E-state index contributed by atoms with van der Waals surface area (Å²) in [4.78, 5) is 0. The summed E-state index contributed by atoms with van der Waals surface area (Å²) in [6, 6.07) is 8.11. The largest absolute Gasteiger partial charge is 0.319 e. The van der Waals surface area contributed by atoms with Crippen LogP contribution < -0.4 is 5.73 Å². The highest BCUT2D eigenvalue weighted by molar-refractivity contribution is 9.10. The summed E-state index contributed by atoms with van der Waals surface area (Å²) in [5, 5.41) is 4.32. The Morgan fingerprint density at radius 1 is 1.39 bits per heavy atom. The third kappa shape index (κ3) is 2.65. The van der Waals surface area contributed by atoms with E-state index < -0.39 is 0 Å². The standard InChI is InChI=1S/C14H18BrN3/c1-3-8-18-13(6-7-17-18)14(16)11-5-4-10(2)12(15)9-11/h4-7,9,14H,3,8,16H2,1-2H3. The summed E-state index contributed by atoms with van der Waals surface area (Å²) < 4.78 is 3.08. The second-order valence-corrected chi connectivity index (χ2v) is 5.32. The molecule has 0 fully saturated rings. The van der Waals surface area contributed by atoms with Gasteiger partial charge in [0.2, 0.25) is 0 Å². The van der Waals surface area contributed by atoms with E-state index in [2.05, 4.69) is 53.1 Å². The van der Waals surface area contributed by atoms with Gasteiger partial charge >= 0.3 is 0 Å². The molecule has 3 nitrogen and oxygen atoms in total. The fourth-order valence-corrected chi connectivity index (χ4v) is 2.38. The van der Waals surface area contributed by atoms with Gasteiger partial charge in [-0.15, -0.1) is 0 Å². The molecule has 0 aliphatic carbocycles. The molecule has 0 spiro atoms. The van der Waals surface area contributed by atoms with Crippen LogP contribution in [0.5, 0.6) is 0 Å². The average molecular weight is 308 g/mol. The van der Waals surface area contributed by atoms with Crippen LogP contribution in [-0.4, -0.2) is 9.78 Å². The van der Waals surface area contributed by atoms with Gasteiger partial charge in [0.1, 0.15) is 0 Å². The van der Waals surface area contributed by atoms with Crippen LogP contribution in [0.1, 0.15) is 36.2 Å². The van der Waals surface area contributed by atoms with E-state index in [1.165, 1.54) is 5.56 Å². The van der Waals surface area contributed by atoms with Gasteiger partial charge in [0.25, 0.3) is 0 Å². The predicted molar refractivity (Wildman–Crippen MR) is 77.4 cm³/mol. The van der Waals surface area contributed by atoms with Crippen LogP contribution in [0, 0.1) is 6.92 Å². The van der Waals surface area contributed by atoms with Crippen LogP contribution >= 0.6 is 15.9 Å². The van der Waals surface area contributed by atoms with Gasteiger partial charge in [-0.3, -0.25) is 4.68 Å². The van der Waals surface area contributed by atoms with Gasteiger partial charge in [0.05, 0.1) is 11.7 Å². The Morgan fingerprint density at radius 2 is 2.17 bits per heavy atom. The van der Waals surface area contributed by atoms with Gasteiger partial charge in [-0.1, -0.05) is 35.0 Å². The minimum absolute atomic E-state index is 0.129. The summed E-state index contributed by atoms with van der Waals surface area (Å²) in [6.45, 7) is 5.11. The van der Waals surface area contributed by atoms with Crippen LogP contribution in [-0.2, 0) is 6.54 Å². The summed E-state index contributed by atoms with van der Waals surface area (Å²) in [6.07, 6.45) is 2.87. The van der Waals surface area contributed by atoms with E-state index in [4.69, 9.17) is 5.73 Å². The zero-order chi connectivity index (χ0) is 13.1. The van der Waals surface area contributed by atoms with Crippen molar-refractivity contribution in [2.45, 2.75) is 32.9 Å². The second kappa shape index (κ2) is 5.67. The lowest BCUT2D eigenvalue weighted by molar-refractivity contribution is 0.559. The number of halogens is 1. The Balaban J connectivity index is 2.32. The number of aromatic nitrogens is 2. The molecule has 1 atom stereocenters. The van der Waals surface area contributed by atoms with Crippen LogP contribution in [0.2, 0.25) is 0 Å². The predicted octanol–water partition coefficient (Wildman–Crippen LogP) is 3.41. The lowest BCUT2D eigenvalue weighted by Crippen LogP contribution is -2.17. The summed E-state index contributed by atoms with van der Waals surface area (Å²) in [5.41, 5.74) is 9.71. The van der Waals surface area contributed by atoms with Gasteiger partial charge in [-0.05, 0) is 36.6 Å². The summed E-state index contributed by atoms with van der Waals surface area (Å²) >= 11 is 3.55. The van der Waals surface area contributed by atoms with Gasteiger partial charge in [0, 0.05) is 17.2 Å². The Labute approximate surface area is 116 Å². The highest BCUT2D eigenvalue weighted by atomic mass is 79.9. The molecule has 0 radical (unpaired) electrons. The van der Waals surface area contributed by atoms with Gasteiger partial charge in [-0.25, -0.2) is 0 Å². The third-order valence-corrected chi connectivity index (χ3v) is 3.91. The second-order valence-electron chi connectivity index (χ2n) is 4.47. The molecule has 96 valence electrons. The molecule has 2 aromatic rings. The Morgan fingerprint density at radius 3 is 2.83 bits per heavy atom. The number of hydrogen-bond donors (Lipinski definition) is 1. The fraction of sp³-hybridized carbons (Fsp3) is 0.357. The molecule has 1 aromatic heterocycles. The van der Waals surface area contributed by atoms with E-state index in [1.54, 1.807) is 0 Å². The highest BCUT2D eigenvalue weighted by Gasteiger charge is 2.14. The number of nitrogens with two attached hydrogens (primary N) is 1. The highest BCUT2D eigenvalue weighted by Crippen LogP contribution is 2.24. The van der Waals surface area contributed by atoms with E-state index in [0.29, 0.717) is 0 Å². The van der Waals surface area contributed by atoms with Crippen LogP contribution in [0.3, 0.4) is 0 Å². The number of rotatable bonds is 4. The van der Waals surface area contributed by atoms with E-state index in [0.717, 1.165) is 28.7 Å².